The van der Waals surface area contributed by atoms with Crippen LogP contribution in [0.3, 0.4) is 0 Å². The average molecular weight is 230 g/mol. The average Bonchev–Trinajstić information content (AvgIpc) is 0.722. The minimum absolute atomic E-state index is 0. The molecule has 0 aliphatic rings. The first-order valence-corrected chi connectivity index (χ1v) is 2.54. The Hall–Kier alpha value is 1.36. The first-order valence-electron chi connectivity index (χ1n) is 0.617. The van der Waals surface area contributed by atoms with Crippen molar-refractivity contribution in [1.29, 1.82) is 0 Å². The number of rotatable bonds is 0. The third-order valence-corrected chi connectivity index (χ3v) is 0. The van der Waals surface area contributed by atoms with Crippen molar-refractivity contribution in [3.05, 3.63) is 0 Å². The number of hydrogen-bond donors (Lipinski definition) is 0. The van der Waals surface area contributed by atoms with Crippen LogP contribution in [0.1, 0.15) is 0 Å². The van der Waals surface area contributed by atoms with Gasteiger partial charge in [0.25, 0.3) is 0 Å². The van der Waals surface area contributed by atoms with E-state index in [0.29, 0.717) is 0 Å². The predicted octanol–water partition coefficient (Wildman–Crippen LogP) is -7.84. The fourth-order valence-corrected chi connectivity index (χ4v) is 0. The SMILES string of the molecule is O.O.O.O.[K+].[O]=[Mn](=[O])(=[O])[O-]. The van der Waals surface area contributed by atoms with Crippen LogP contribution in [-0.2, 0) is 24.5 Å². The van der Waals surface area contributed by atoms with E-state index in [-0.39, 0.29) is 73.3 Å². The van der Waals surface area contributed by atoms with Gasteiger partial charge in [-0.15, -0.1) is 0 Å². The van der Waals surface area contributed by atoms with E-state index in [1.54, 1.807) is 0 Å². The van der Waals surface area contributed by atoms with Crippen LogP contribution >= 0.6 is 0 Å². The van der Waals surface area contributed by atoms with Gasteiger partial charge in [-0.25, -0.2) is 0 Å². The molecule has 0 aromatic carbocycles. The fourth-order valence-electron chi connectivity index (χ4n) is 0. The Balaban J connectivity index is -0.00000000800. The Labute approximate surface area is 100 Å². The van der Waals surface area contributed by atoms with Crippen molar-refractivity contribution < 1.29 is 102 Å². The summed E-state index contributed by atoms with van der Waals surface area (Å²) >= 11 is -5.62. The van der Waals surface area contributed by atoms with Crippen molar-refractivity contribution in [2.45, 2.75) is 0 Å². The second-order valence-corrected chi connectivity index (χ2v) is 1.56. The van der Waals surface area contributed by atoms with Crippen molar-refractivity contribution in [2.75, 3.05) is 0 Å². The molecule has 0 aromatic heterocycles. The molecule has 10 heteroatoms. The zero-order valence-corrected chi connectivity index (χ0v) is 9.31. The van der Waals surface area contributed by atoms with Gasteiger partial charge in [-0.05, 0) is 0 Å². The van der Waals surface area contributed by atoms with Crippen LogP contribution in [-0.4, -0.2) is 21.9 Å². The second-order valence-electron chi connectivity index (χ2n) is 0.378. The van der Waals surface area contributed by atoms with Crippen LogP contribution in [0.2, 0.25) is 0 Å². The van der Waals surface area contributed by atoms with E-state index in [4.69, 9.17) is 15.7 Å². The summed E-state index contributed by atoms with van der Waals surface area (Å²) in [6, 6.07) is 0. The molecule has 0 heterocycles. The van der Waals surface area contributed by atoms with Gasteiger partial charge in [0.15, 0.2) is 0 Å². The molecular formula is H8KMnO8. The standard InChI is InChI=1S/K.Mn.4H2O.4O/h;;4*1H2;;;;/q+1;;;;;;;;;-1. The molecular weight excluding hydrogens is 222 g/mol. The van der Waals surface area contributed by atoms with Crippen LogP contribution in [0.25, 0.3) is 0 Å². The van der Waals surface area contributed by atoms with Gasteiger partial charge in [0.2, 0.25) is 0 Å². The zero-order chi connectivity index (χ0) is 4.50. The molecule has 0 atom stereocenters. The van der Waals surface area contributed by atoms with Crippen molar-refractivity contribution in [3.63, 3.8) is 0 Å². The van der Waals surface area contributed by atoms with Gasteiger partial charge >= 0.3 is 80.0 Å². The van der Waals surface area contributed by atoms with E-state index in [0.717, 1.165) is 0 Å². The van der Waals surface area contributed by atoms with Crippen LogP contribution in [0.4, 0.5) is 0 Å². The van der Waals surface area contributed by atoms with E-state index < -0.39 is 13.0 Å². The van der Waals surface area contributed by atoms with Crippen molar-refractivity contribution in [2.24, 2.45) is 0 Å². The molecule has 0 unspecified atom stereocenters. The summed E-state index contributed by atoms with van der Waals surface area (Å²) in [5, 5.41) is 0. The van der Waals surface area contributed by atoms with Gasteiger partial charge < -0.3 is 21.9 Å². The predicted molar refractivity (Wildman–Crippen MR) is 16.5 cm³/mol. The van der Waals surface area contributed by atoms with Gasteiger partial charge in [-0.2, -0.15) is 0 Å². The van der Waals surface area contributed by atoms with E-state index in [9.17, 15) is 0 Å². The van der Waals surface area contributed by atoms with Gasteiger partial charge in [0.1, 0.15) is 0 Å². The Morgan fingerprint density at radius 3 is 0.800 bits per heavy atom. The Morgan fingerprint density at radius 2 is 0.800 bits per heavy atom. The van der Waals surface area contributed by atoms with E-state index >= 15 is 0 Å². The molecule has 0 aromatic rings. The quantitative estimate of drug-likeness (QED) is 0.372. The van der Waals surface area contributed by atoms with Crippen molar-refractivity contribution in [3.8, 4) is 0 Å². The molecule has 0 rings (SSSR count). The maximum atomic E-state index is 8.58. The molecule has 0 saturated heterocycles. The summed E-state index contributed by atoms with van der Waals surface area (Å²) in [5.74, 6) is 0. The molecule has 0 aliphatic heterocycles. The van der Waals surface area contributed by atoms with Gasteiger partial charge in [0.05, 0.1) is 0 Å². The maximum absolute atomic E-state index is 8.58. The molecule has 8 N–H and O–H groups in total. The molecule has 8 nitrogen and oxygen atoms in total. The summed E-state index contributed by atoms with van der Waals surface area (Å²) in [4.78, 5) is 0. The normalized spacial score (nSPS) is 5.70. The first kappa shape index (κ1) is 42.5. The summed E-state index contributed by atoms with van der Waals surface area (Å²) < 4.78 is 34.3. The van der Waals surface area contributed by atoms with E-state index in [1.807, 2.05) is 0 Å². The van der Waals surface area contributed by atoms with Crippen LogP contribution < -0.4 is 55.6 Å². The van der Waals surface area contributed by atoms with E-state index in [1.165, 1.54) is 0 Å². The molecule has 10 heavy (non-hydrogen) atoms. The molecule has 0 amide bonds. The minimum atomic E-state index is -5.62. The summed E-state index contributed by atoms with van der Waals surface area (Å²) in [6.07, 6.45) is 0. The summed E-state index contributed by atoms with van der Waals surface area (Å²) in [6.45, 7) is 0. The van der Waals surface area contributed by atoms with Gasteiger partial charge in [0, 0.05) is 0 Å². The summed E-state index contributed by atoms with van der Waals surface area (Å²) in [5.41, 5.74) is 0. The molecule has 0 bridgehead atoms. The third kappa shape index (κ3) is 355. The van der Waals surface area contributed by atoms with Gasteiger partial charge in [-0.3, -0.25) is 0 Å². The van der Waals surface area contributed by atoms with Crippen LogP contribution in [0, 0.1) is 0 Å². The van der Waals surface area contributed by atoms with Crippen LogP contribution in [0.15, 0.2) is 0 Å². The molecule has 0 spiro atoms. The zero-order valence-electron chi connectivity index (χ0n) is 5.01. The van der Waals surface area contributed by atoms with E-state index in [2.05, 4.69) is 0 Å². The summed E-state index contributed by atoms with van der Waals surface area (Å²) in [7, 11) is 0. The third-order valence-electron chi connectivity index (χ3n) is 0. The van der Waals surface area contributed by atoms with Crippen LogP contribution in [0.5, 0.6) is 0 Å². The molecule has 0 saturated carbocycles. The Kier molecular flexibility index (Phi) is 71.1. The monoisotopic (exact) mass is 230 g/mol. The Morgan fingerprint density at radius 1 is 0.800 bits per heavy atom. The van der Waals surface area contributed by atoms with Crippen molar-refractivity contribution in [1.82, 2.24) is 0 Å². The van der Waals surface area contributed by atoms with Crippen molar-refractivity contribution >= 4 is 0 Å². The first-order chi connectivity index (χ1) is 2.00. The molecule has 0 radical (unpaired) electrons. The topological polar surface area (TPSA) is 200 Å². The number of hydrogen-bond acceptors (Lipinski definition) is 4. The van der Waals surface area contributed by atoms with Gasteiger partial charge in [-0.1, -0.05) is 0 Å². The fraction of sp³-hybridized carbons (Fsp3) is 0. The molecule has 0 aliphatic carbocycles. The molecule has 64 valence electrons. The molecule has 0 fully saturated rings. The Bertz CT molecular complexity index is 130. The second kappa shape index (κ2) is 16.8.